The van der Waals surface area contributed by atoms with Crippen molar-refractivity contribution in [2.75, 3.05) is 18.1 Å². The maximum absolute atomic E-state index is 12.5. The van der Waals surface area contributed by atoms with Gasteiger partial charge in [0.15, 0.2) is 15.9 Å². The monoisotopic (exact) mass is 422 g/mol. The normalized spacial score (nSPS) is 25.4. The van der Waals surface area contributed by atoms with E-state index in [4.69, 9.17) is 4.74 Å². The van der Waals surface area contributed by atoms with Crippen LogP contribution < -0.4 is 5.32 Å². The molecule has 2 saturated heterocycles. The van der Waals surface area contributed by atoms with Crippen molar-refractivity contribution >= 4 is 27.6 Å². The van der Waals surface area contributed by atoms with Crippen molar-refractivity contribution in [2.45, 2.75) is 44.9 Å². The molecule has 0 spiro atoms. The van der Waals surface area contributed by atoms with Gasteiger partial charge in [-0.2, -0.15) is 0 Å². The number of ether oxygens (including phenoxy) is 1. The number of hydrogen-bond donors (Lipinski definition) is 1. The average Bonchev–Trinajstić information content (AvgIpc) is 3.23. The third-order valence-electron chi connectivity index (χ3n) is 5.48. The lowest BCUT2D eigenvalue weighted by molar-refractivity contribution is -0.158. The first-order valence-corrected chi connectivity index (χ1v) is 11.5. The van der Waals surface area contributed by atoms with Crippen LogP contribution in [-0.4, -0.2) is 61.3 Å². The third-order valence-corrected chi connectivity index (χ3v) is 7.25. The van der Waals surface area contributed by atoms with E-state index in [0.29, 0.717) is 6.42 Å². The van der Waals surface area contributed by atoms with Gasteiger partial charge in [0, 0.05) is 19.0 Å². The van der Waals surface area contributed by atoms with Crippen molar-refractivity contribution in [1.82, 2.24) is 10.2 Å². The van der Waals surface area contributed by atoms with Gasteiger partial charge in [-0.3, -0.25) is 14.4 Å². The zero-order chi connectivity index (χ0) is 21.2. The van der Waals surface area contributed by atoms with E-state index in [2.05, 4.69) is 5.32 Å². The Morgan fingerprint density at radius 2 is 1.90 bits per heavy atom. The summed E-state index contributed by atoms with van der Waals surface area (Å²) < 4.78 is 28.2. The van der Waals surface area contributed by atoms with E-state index in [0.717, 1.165) is 5.56 Å². The summed E-state index contributed by atoms with van der Waals surface area (Å²) in [5.74, 6) is -1.93. The van der Waals surface area contributed by atoms with E-state index in [9.17, 15) is 22.8 Å². The van der Waals surface area contributed by atoms with Gasteiger partial charge in [0.2, 0.25) is 5.91 Å². The molecule has 2 fully saturated rings. The van der Waals surface area contributed by atoms with Crippen LogP contribution in [0.4, 0.5) is 0 Å². The summed E-state index contributed by atoms with van der Waals surface area (Å²) in [6.07, 6.45) is -0.648. The second-order valence-electron chi connectivity index (χ2n) is 7.72. The lowest BCUT2D eigenvalue weighted by Gasteiger charge is -2.25. The van der Waals surface area contributed by atoms with Gasteiger partial charge in [0.25, 0.3) is 5.91 Å². The number of rotatable bonds is 6. The number of sulfone groups is 1. The van der Waals surface area contributed by atoms with Crippen LogP contribution in [0.2, 0.25) is 0 Å². The van der Waals surface area contributed by atoms with Gasteiger partial charge in [0.05, 0.1) is 23.5 Å². The smallest absolute Gasteiger partial charge is 0.312 e. The van der Waals surface area contributed by atoms with Crippen LogP contribution in [0.3, 0.4) is 0 Å². The lowest BCUT2D eigenvalue weighted by atomic mass is 10.1. The molecule has 9 heteroatoms. The van der Waals surface area contributed by atoms with Crippen LogP contribution in [0.25, 0.3) is 0 Å². The molecule has 0 aromatic heterocycles. The second kappa shape index (κ2) is 8.52. The summed E-state index contributed by atoms with van der Waals surface area (Å²) in [5.41, 5.74) is 0.981. The zero-order valence-electron chi connectivity index (χ0n) is 16.5. The largest absolute Gasteiger partial charge is 0.452 e. The molecule has 8 nitrogen and oxygen atoms in total. The molecule has 1 N–H and O–H groups in total. The van der Waals surface area contributed by atoms with Crippen LogP contribution in [0.15, 0.2) is 30.3 Å². The highest BCUT2D eigenvalue weighted by Gasteiger charge is 2.39. The minimum absolute atomic E-state index is 0.0468. The van der Waals surface area contributed by atoms with Crippen LogP contribution >= 0.6 is 0 Å². The number of benzene rings is 1. The molecule has 0 unspecified atom stereocenters. The molecule has 0 saturated carbocycles. The highest BCUT2D eigenvalue weighted by atomic mass is 32.2. The molecule has 3 rings (SSSR count). The Morgan fingerprint density at radius 1 is 1.21 bits per heavy atom. The summed E-state index contributed by atoms with van der Waals surface area (Å²) in [4.78, 5) is 38.7. The summed E-state index contributed by atoms with van der Waals surface area (Å²) in [6, 6.07) is 8.94. The molecule has 2 aliphatic heterocycles. The van der Waals surface area contributed by atoms with Crippen molar-refractivity contribution in [3.63, 3.8) is 0 Å². The predicted octanol–water partition coefficient (Wildman–Crippen LogP) is 0.831. The first kappa shape index (κ1) is 21.3. The molecule has 0 radical (unpaired) electrons. The molecular formula is C20H26N2O6S. The molecule has 2 amide bonds. The van der Waals surface area contributed by atoms with E-state index >= 15 is 0 Å². The number of likely N-dealkylation sites (tertiary alicyclic amines) is 1. The summed E-state index contributed by atoms with van der Waals surface area (Å²) in [7, 11) is -3.11. The predicted molar refractivity (Wildman–Crippen MR) is 105 cm³/mol. The minimum Gasteiger partial charge on any atom is -0.452 e. The van der Waals surface area contributed by atoms with E-state index < -0.39 is 39.8 Å². The molecular weight excluding hydrogens is 396 g/mol. The quantitative estimate of drug-likeness (QED) is 0.680. The molecule has 0 aliphatic carbocycles. The van der Waals surface area contributed by atoms with Gasteiger partial charge in [-0.1, -0.05) is 30.3 Å². The Balaban J connectivity index is 1.53. The second-order valence-corrected chi connectivity index (χ2v) is 9.95. The number of hydrogen-bond acceptors (Lipinski definition) is 6. The van der Waals surface area contributed by atoms with Gasteiger partial charge >= 0.3 is 5.97 Å². The first-order chi connectivity index (χ1) is 13.7. The number of esters is 1. The van der Waals surface area contributed by atoms with Crippen molar-refractivity contribution < 1.29 is 27.5 Å². The Kier molecular flexibility index (Phi) is 6.26. The van der Waals surface area contributed by atoms with E-state index in [1.54, 1.807) is 4.90 Å². The van der Waals surface area contributed by atoms with Gasteiger partial charge < -0.3 is 15.0 Å². The molecule has 158 valence electrons. The van der Waals surface area contributed by atoms with Crippen LogP contribution in [0.5, 0.6) is 0 Å². The van der Waals surface area contributed by atoms with Crippen molar-refractivity contribution in [3.05, 3.63) is 35.9 Å². The van der Waals surface area contributed by atoms with Crippen molar-refractivity contribution in [2.24, 2.45) is 5.92 Å². The summed E-state index contributed by atoms with van der Waals surface area (Å²) in [5, 5.41) is 2.61. The molecule has 1 aromatic rings. The Morgan fingerprint density at radius 3 is 2.52 bits per heavy atom. The zero-order valence-corrected chi connectivity index (χ0v) is 17.4. The number of nitrogens with one attached hydrogen (secondary N) is 1. The van der Waals surface area contributed by atoms with Crippen LogP contribution in [0, 0.1) is 5.92 Å². The minimum atomic E-state index is -3.11. The first-order valence-electron chi connectivity index (χ1n) is 9.72. The summed E-state index contributed by atoms with van der Waals surface area (Å²) in [6.45, 7) is 3.59. The Labute approximate surface area is 170 Å². The molecule has 2 heterocycles. The SMILES string of the molecule is C[C@H](OC(=O)[C@H]1CC(=O)N([C@@H](C)c2ccccc2)C1)C(=O)N[C@@H]1CCS(=O)(=O)C1. The van der Waals surface area contributed by atoms with Crippen LogP contribution in [-0.2, 0) is 29.0 Å². The molecule has 29 heavy (non-hydrogen) atoms. The summed E-state index contributed by atoms with van der Waals surface area (Å²) >= 11 is 0. The van der Waals surface area contributed by atoms with E-state index in [-0.39, 0.29) is 36.4 Å². The average molecular weight is 423 g/mol. The molecule has 1 aromatic carbocycles. The van der Waals surface area contributed by atoms with E-state index in [1.165, 1.54) is 6.92 Å². The van der Waals surface area contributed by atoms with Gasteiger partial charge in [-0.15, -0.1) is 0 Å². The maximum Gasteiger partial charge on any atom is 0.312 e. The van der Waals surface area contributed by atoms with Crippen molar-refractivity contribution in [3.8, 4) is 0 Å². The molecule has 4 atom stereocenters. The molecule has 2 aliphatic rings. The standard InChI is InChI=1S/C20H26N2O6S/c1-13(15-6-4-3-5-7-15)22-11-16(10-18(22)23)20(25)28-14(2)19(24)21-17-8-9-29(26,27)12-17/h3-7,13-14,16-17H,8-12H2,1-2H3,(H,21,24)/t13-,14-,16-,17+/m0/s1. The molecule has 0 bridgehead atoms. The fourth-order valence-electron chi connectivity index (χ4n) is 3.73. The third kappa shape index (κ3) is 5.14. The topological polar surface area (TPSA) is 110 Å². The number of nitrogens with zero attached hydrogens (tertiary/aromatic N) is 1. The number of carbonyl (C=O) groups excluding carboxylic acids is 3. The Bertz CT molecular complexity index is 885. The van der Waals surface area contributed by atoms with E-state index in [1.807, 2.05) is 37.3 Å². The van der Waals surface area contributed by atoms with Gasteiger partial charge in [-0.25, -0.2) is 8.42 Å². The van der Waals surface area contributed by atoms with Crippen LogP contribution in [0.1, 0.15) is 38.3 Å². The number of amides is 2. The lowest BCUT2D eigenvalue weighted by Crippen LogP contribution is -2.43. The maximum atomic E-state index is 12.5. The fraction of sp³-hybridized carbons (Fsp3) is 0.550. The van der Waals surface area contributed by atoms with Crippen molar-refractivity contribution in [1.29, 1.82) is 0 Å². The van der Waals surface area contributed by atoms with Gasteiger partial charge in [0.1, 0.15) is 0 Å². The number of carbonyl (C=O) groups is 3. The van der Waals surface area contributed by atoms with Gasteiger partial charge in [-0.05, 0) is 25.8 Å². The highest BCUT2D eigenvalue weighted by molar-refractivity contribution is 7.91. The highest BCUT2D eigenvalue weighted by Crippen LogP contribution is 2.29. The fourth-order valence-corrected chi connectivity index (χ4v) is 5.40. The Hall–Kier alpha value is -2.42.